The van der Waals surface area contributed by atoms with Crippen molar-refractivity contribution in [1.82, 2.24) is 15.0 Å². The Hall–Kier alpha value is -3.67. The smallest absolute Gasteiger partial charge is 0.435 e. The normalized spacial score (nSPS) is 11.3. The van der Waals surface area contributed by atoms with E-state index in [0.717, 1.165) is 24.3 Å². The van der Waals surface area contributed by atoms with Crippen LogP contribution in [0.25, 0.3) is 5.69 Å². The Morgan fingerprint density at radius 2 is 1.78 bits per heavy atom. The third kappa shape index (κ3) is 5.14. The number of amides is 1. The van der Waals surface area contributed by atoms with Crippen LogP contribution in [-0.2, 0) is 10.9 Å². The van der Waals surface area contributed by atoms with Gasteiger partial charge < -0.3 is 19.5 Å². The number of rotatable bonds is 8. The molecule has 8 nitrogen and oxygen atoms in total. The molecule has 0 saturated heterocycles. The minimum atomic E-state index is -4.96. The van der Waals surface area contributed by atoms with Crippen LogP contribution < -0.4 is 14.8 Å². The molecule has 0 bridgehead atoms. The number of methoxy groups -OCH3 is 2. The average Bonchev–Trinajstić information content (AvgIpc) is 3.21. The van der Waals surface area contributed by atoms with Gasteiger partial charge >= 0.3 is 6.18 Å². The quantitative estimate of drug-likeness (QED) is 0.413. The fourth-order valence-electron chi connectivity index (χ4n) is 2.74. The molecule has 1 heterocycles. The maximum atomic E-state index is 13.7. The SMILES string of the molecule is COCCOc1cc(NC(=O)c2nnn(-c3ccc(F)cc3)c2C(F)(F)F)ccc1OC. The number of nitrogens with zero attached hydrogens (tertiary/aromatic N) is 3. The van der Waals surface area contributed by atoms with Crippen molar-refractivity contribution in [1.29, 1.82) is 0 Å². The van der Waals surface area contributed by atoms with Crippen molar-refractivity contribution < 1.29 is 36.6 Å². The summed E-state index contributed by atoms with van der Waals surface area (Å²) in [6.07, 6.45) is -4.96. The Labute approximate surface area is 179 Å². The number of carbonyl (C=O) groups excluding carboxylic acids is 1. The number of ether oxygens (including phenoxy) is 3. The molecule has 0 spiro atoms. The molecule has 32 heavy (non-hydrogen) atoms. The molecule has 0 aliphatic rings. The van der Waals surface area contributed by atoms with Crippen molar-refractivity contribution in [2.75, 3.05) is 32.8 Å². The van der Waals surface area contributed by atoms with Crippen LogP contribution in [0.5, 0.6) is 11.5 Å². The molecular formula is C20H18F4N4O4. The van der Waals surface area contributed by atoms with Gasteiger partial charge in [-0.25, -0.2) is 9.07 Å². The molecule has 0 radical (unpaired) electrons. The van der Waals surface area contributed by atoms with Crippen molar-refractivity contribution in [3.8, 4) is 17.2 Å². The van der Waals surface area contributed by atoms with Crippen molar-refractivity contribution in [2.24, 2.45) is 0 Å². The number of nitrogens with one attached hydrogen (secondary N) is 1. The van der Waals surface area contributed by atoms with E-state index in [1.807, 2.05) is 0 Å². The number of halogens is 4. The van der Waals surface area contributed by atoms with Gasteiger partial charge in [-0.1, -0.05) is 5.21 Å². The van der Waals surface area contributed by atoms with Crippen molar-refractivity contribution >= 4 is 11.6 Å². The molecule has 3 rings (SSSR count). The second-order valence-electron chi connectivity index (χ2n) is 6.33. The van der Waals surface area contributed by atoms with Crippen LogP contribution in [0.1, 0.15) is 16.2 Å². The number of hydrogen-bond donors (Lipinski definition) is 1. The Bertz CT molecular complexity index is 1080. The standard InChI is InChI=1S/C20H18F4N4O4/c1-30-9-10-32-16-11-13(5-8-15(16)31-2)25-19(29)17-18(20(22,23)24)28(27-26-17)14-6-3-12(21)4-7-14/h3-8,11H,9-10H2,1-2H3,(H,25,29). The topological polar surface area (TPSA) is 87.5 Å². The van der Waals surface area contributed by atoms with E-state index in [-0.39, 0.29) is 23.7 Å². The van der Waals surface area contributed by atoms with Crippen LogP contribution in [0.4, 0.5) is 23.2 Å². The molecule has 170 valence electrons. The van der Waals surface area contributed by atoms with Gasteiger partial charge in [0, 0.05) is 18.9 Å². The molecule has 1 aromatic heterocycles. The third-order valence-electron chi connectivity index (χ3n) is 4.19. The summed E-state index contributed by atoms with van der Waals surface area (Å²) in [5.41, 5.74) is -2.30. The molecule has 0 fully saturated rings. The molecule has 3 aromatic rings. The van der Waals surface area contributed by atoms with Gasteiger partial charge in [0.1, 0.15) is 12.4 Å². The molecule has 0 atom stereocenters. The number of carbonyl (C=O) groups is 1. The lowest BCUT2D eigenvalue weighted by Gasteiger charge is -2.13. The van der Waals surface area contributed by atoms with Crippen molar-refractivity contribution in [3.63, 3.8) is 0 Å². The number of hydrogen-bond acceptors (Lipinski definition) is 6. The first-order valence-corrected chi connectivity index (χ1v) is 9.14. The van der Waals surface area contributed by atoms with E-state index in [4.69, 9.17) is 14.2 Å². The average molecular weight is 454 g/mol. The summed E-state index contributed by atoms with van der Waals surface area (Å²) in [5.74, 6) is -1.16. The van der Waals surface area contributed by atoms with Gasteiger partial charge in [0.25, 0.3) is 5.91 Å². The number of benzene rings is 2. The monoisotopic (exact) mass is 454 g/mol. The van der Waals surface area contributed by atoms with E-state index >= 15 is 0 Å². The zero-order valence-corrected chi connectivity index (χ0v) is 16.9. The predicted molar refractivity (Wildman–Crippen MR) is 105 cm³/mol. The maximum Gasteiger partial charge on any atom is 0.435 e. The summed E-state index contributed by atoms with van der Waals surface area (Å²) in [6.45, 7) is 0.482. The third-order valence-corrected chi connectivity index (χ3v) is 4.19. The van der Waals surface area contributed by atoms with Crippen LogP contribution in [-0.4, -0.2) is 48.3 Å². The van der Waals surface area contributed by atoms with E-state index in [1.54, 1.807) is 0 Å². The summed E-state index contributed by atoms with van der Waals surface area (Å²) in [5, 5.41) is 9.20. The molecule has 0 saturated carbocycles. The van der Waals surface area contributed by atoms with Gasteiger partial charge in [-0.2, -0.15) is 13.2 Å². The van der Waals surface area contributed by atoms with Gasteiger partial charge in [0.15, 0.2) is 22.9 Å². The van der Waals surface area contributed by atoms with Crippen LogP contribution in [0.15, 0.2) is 42.5 Å². The maximum absolute atomic E-state index is 13.7. The van der Waals surface area contributed by atoms with E-state index in [1.165, 1.54) is 32.4 Å². The number of aromatic nitrogens is 3. The molecular weight excluding hydrogens is 436 g/mol. The van der Waals surface area contributed by atoms with Gasteiger partial charge in [0.05, 0.1) is 19.4 Å². The summed E-state index contributed by atoms with van der Waals surface area (Å²) in [4.78, 5) is 12.6. The lowest BCUT2D eigenvalue weighted by Crippen LogP contribution is -2.21. The van der Waals surface area contributed by atoms with Crippen LogP contribution in [0, 0.1) is 5.82 Å². The second kappa shape index (κ2) is 9.64. The molecule has 2 aromatic carbocycles. The fourth-order valence-corrected chi connectivity index (χ4v) is 2.74. The summed E-state index contributed by atoms with van der Waals surface area (Å²) in [6, 6.07) is 8.43. The number of anilines is 1. The first-order chi connectivity index (χ1) is 15.2. The van der Waals surface area contributed by atoms with Gasteiger partial charge in [0.2, 0.25) is 0 Å². The van der Waals surface area contributed by atoms with E-state index in [2.05, 4.69) is 15.6 Å². The summed E-state index contributed by atoms with van der Waals surface area (Å²) >= 11 is 0. The Balaban J connectivity index is 1.91. The van der Waals surface area contributed by atoms with Crippen molar-refractivity contribution in [3.05, 3.63) is 59.7 Å². The van der Waals surface area contributed by atoms with Gasteiger partial charge in [-0.05, 0) is 36.4 Å². The fraction of sp³-hybridized carbons (Fsp3) is 0.250. The summed E-state index contributed by atoms with van der Waals surface area (Å²) < 4.78 is 70.4. The van der Waals surface area contributed by atoms with E-state index in [0.29, 0.717) is 17.0 Å². The molecule has 0 unspecified atom stereocenters. The van der Waals surface area contributed by atoms with E-state index in [9.17, 15) is 22.4 Å². The Morgan fingerprint density at radius 1 is 1.06 bits per heavy atom. The molecule has 12 heteroatoms. The van der Waals surface area contributed by atoms with E-state index < -0.39 is 29.3 Å². The lowest BCUT2D eigenvalue weighted by molar-refractivity contribution is -0.143. The summed E-state index contributed by atoms with van der Waals surface area (Å²) in [7, 11) is 2.91. The molecule has 1 amide bonds. The van der Waals surface area contributed by atoms with Crippen LogP contribution in [0.2, 0.25) is 0 Å². The first kappa shape index (κ1) is 23.0. The van der Waals surface area contributed by atoms with Crippen LogP contribution in [0.3, 0.4) is 0 Å². The second-order valence-corrected chi connectivity index (χ2v) is 6.33. The lowest BCUT2D eigenvalue weighted by atomic mass is 10.2. The van der Waals surface area contributed by atoms with Gasteiger partial charge in [-0.3, -0.25) is 4.79 Å². The first-order valence-electron chi connectivity index (χ1n) is 9.14. The molecule has 0 aliphatic heterocycles. The highest BCUT2D eigenvalue weighted by Crippen LogP contribution is 2.34. The van der Waals surface area contributed by atoms with Crippen LogP contribution >= 0.6 is 0 Å². The van der Waals surface area contributed by atoms with Gasteiger partial charge in [-0.15, -0.1) is 5.10 Å². The highest BCUT2D eigenvalue weighted by atomic mass is 19.4. The largest absolute Gasteiger partial charge is 0.493 e. The Morgan fingerprint density at radius 3 is 2.41 bits per heavy atom. The molecule has 1 N–H and O–H groups in total. The predicted octanol–water partition coefficient (Wildman–Crippen LogP) is 3.71. The minimum absolute atomic E-state index is 0.108. The van der Waals surface area contributed by atoms with Crippen molar-refractivity contribution in [2.45, 2.75) is 6.18 Å². The Kier molecular flexibility index (Phi) is 6.93. The highest BCUT2D eigenvalue weighted by molar-refractivity contribution is 6.04. The minimum Gasteiger partial charge on any atom is -0.493 e. The highest BCUT2D eigenvalue weighted by Gasteiger charge is 2.42. The number of alkyl halides is 3. The zero-order chi connectivity index (χ0) is 23.3. The molecule has 0 aliphatic carbocycles. The zero-order valence-electron chi connectivity index (χ0n) is 16.9.